The molecule has 1 heterocycles. The number of methoxy groups -OCH3 is 1. The Hall–Kier alpha value is -2.66. The summed E-state index contributed by atoms with van der Waals surface area (Å²) in [6.07, 6.45) is 0. The number of benzene rings is 2. The smallest absolute Gasteiger partial charge is 0.163 e. The average molecular weight is 386 g/mol. The fourth-order valence-corrected chi connectivity index (χ4v) is 3.42. The molecule has 0 unspecified atom stereocenters. The van der Waals surface area contributed by atoms with Crippen molar-refractivity contribution in [1.82, 2.24) is 9.78 Å². The molecule has 0 aliphatic heterocycles. The standard InChI is InChI=1S/C21H24ClN3O2/c1-13-7-6-8-19(23-4)17(13)12-27-20-10-9-16(11-18(20)22)25-15(3)21(26-5)14(2)24-25/h6-11,23H,12H2,1-5H3. The van der Waals surface area contributed by atoms with Gasteiger partial charge in [0, 0.05) is 18.3 Å². The minimum atomic E-state index is 0.440. The van der Waals surface area contributed by atoms with Crippen molar-refractivity contribution in [3.05, 3.63) is 63.9 Å². The van der Waals surface area contributed by atoms with Crippen molar-refractivity contribution in [2.24, 2.45) is 0 Å². The summed E-state index contributed by atoms with van der Waals surface area (Å²) >= 11 is 6.48. The zero-order valence-electron chi connectivity index (χ0n) is 16.3. The molecule has 6 heteroatoms. The molecule has 0 aliphatic rings. The van der Waals surface area contributed by atoms with Crippen LogP contribution < -0.4 is 14.8 Å². The minimum absolute atomic E-state index is 0.440. The van der Waals surface area contributed by atoms with Gasteiger partial charge in [0.05, 0.1) is 23.5 Å². The molecule has 27 heavy (non-hydrogen) atoms. The molecule has 0 amide bonds. The van der Waals surface area contributed by atoms with Crippen molar-refractivity contribution in [1.29, 1.82) is 0 Å². The second-order valence-corrected chi connectivity index (χ2v) is 6.78. The summed E-state index contributed by atoms with van der Waals surface area (Å²) < 4.78 is 13.2. The molecule has 2 aromatic carbocycles. The predicted molar refractivity (Wildman–Crippen MR) is 110 cm³/mol. The Bertz CT molecular complexity index is 966. The molecule has 0 aliphatic carbocycles. The first-order chi connectivity index (χ1) is 13.0. The van der Waals surface area contributed by atoms with Gasteiger partial charge in [-0.05, 0) is 50.6 Å². The van der Waals surface area contributed by atoms with Crippen LogP contribution in [-0.2, 0) is 6.61 Å². The van der Waals surface area contributed by atoms with Crippen molar-refractivity contribution < 1.29 is 9.47 Å². The Morgan fingerprint density at radius 3 is 2.56 bits per heavy atom. The molecular formula is C21H24ClN3O2. The van der Waals surface area contributed by atoms with E-state index in [1.54, 1.807) is 7.11 Å². The highest BCUT2D eigenvalue weighted by Gasteiger charge is 2.15. The summed E-state index contributed by atoms with van der Waals surface area (Å²) in [7, 11) is 3.55. The number of hydrogen-bond donors (Lipinski definition) is 1. The first-order valence-electron chi connectivity index (χ1n) is 8.75. The summed E-state index contributed by atoms with van der Waals surface area (Å²) in [5.74, 6) is 1.42. The number of rotatable bonds is 6. The van der Waals surface area contributed by atoms with E-state index in [2.05, 4.69) is 23.4 Å². The van der Waals surface area contributed by atoms with Crippen LogP contribution in [-0.4, -0.2) is 23.9 Å². The second kappa shape index (κ2) is 7.92. The fraction of sp³-hybridized carbons (Fsp3) is 0.286. The predicted octanol–water partition coefficient (Wildman–Crippen LogP) is 5.08. The van der Waals surface area contributed by atoms with E-state index in [1.165, 1.54) is 5.56 Å². The van der Waals surface area contributed by atoms with Gasteiger partial charge in [-0.25, -0.2) is 4.68 Å². The van der Waals surface area contributed by atoms with Crippen LogP contribution in [0.3, 0.4) is 0 Å². The Labute approximate surface area is 164 Å². The third-order valence-corrected chi connectivity index (χ3v) is 4.94. The van der Waals surface area contributed by atoms with Gasteiger partial charge in [-0.2, -0.15) is 5.10 Å². The molecular weight excluding hydrogens is 362 g/mol. The van der Waals surface area contributed by atoms with Crippen LogP contribution in [0.2, 0.25) is 5.02 Å². The van der Waals surface area contributed by atoms with E-state index >= 15 is 0 Å². The van der Waals surface area contributed by atoms with E-state index in [4.69, 9.17) is 21.1 Å². The third kappa shape index (κ3) is 3.74. The van der Waals surface area contributed by atoms with Gasteiger partial charge in [-0.3, -0.25) is 0 Å². The normalized spacial score (nSPS) is 10.7. The van der Waals surface area contributed by atoms with Crippen LogP contribution >= 0.6 is 11.6 Å². The first kappa shape index (κ1) is 19.1. The maximum absolute atomic E-state index is 6.48. The topological polar surface area (TPSA) is 48.3 Å². The van der Waals surface area contributed by atoms with Crippen LogP contribution in [0.5, 0.6) is 11.5 Å². The molecule has 0 atom stereocenters. The number of aryl methyl sites for hydroxylation is 2. The zero-order valence-corrected chi connectivity index (χ0v) is 17.0. The molecule has 0 radical (unpaired) electrons. The molecule has 0 saturated heterocycles. The average Bonchev–Trinajstić information content (AvgIpc) is 2.94. The van der Waals surface area contributed by atoms with Crippen LogP contribution in [0.4, 0.5) is 5.69 Å². The number of aromatic nitrogens is 2. The van der Waals surface area contributed by atoms with Crippen LogP contribution in [0, 0.1) is 20.8 Å². The molecule has 0 fully saturated rings. The molecule has 5 nitrogen and oxygen atoms in total. The quantitative estimate of drug-likeness (QED) is 0.642. The molecule has 3 rings (SSSR count). The lowest BCUT2D eigenvalue weighted by Crippen LogP contribution is -2.04. The van der Waals surface area contributed by atoms with Gasteiger partial charge in [0.1, 0.15) is 18.1 Å². The van der Waals surface area contributed by atoms with Gasteiger partial charge in [0.2, 0.25) is 0 Å². The van der Waals surface area contributed by atoms with E-state index in [0.717, 1.165) is 34.1 Å². The monoisotopic (exact) mass is 385 g/mol. The van der Waals surface area contributed by atoms with Crippen LogP contribution in [0.15, 0.2) is 36.4 Å². The van der Waals surface area contributed by atoms with Crippen LogP contribution in [0.1, 0.15) is 22.5 Å². The number of anilines is 1. The highest BCUT2D eigenvalue weighted by molar-refractivity contribution is 6.32. The van der Waals surface area contributed by atoms with E-state index in [0.29, 0.717) is 17.4 Å². The van der Waals surface area contributed by atoms with Gasteiger partial charge >= 0.3 is 0 Å². The van der Waals surface area contributed by atoms with Gasteiger partial charge in [0.15, 0.2) is 5.75 Å². The summed E-state index contributed by atoms with van der Waals surface area (Å²) in [5.41, 5.74) is 5.97. The maximum atomic E-state index is 6.48. The summed E-state index contributed by atoms with van der Waals surface area (Å²) in [5, 5.41) is 8.28. The van der Waals surface area contributed by atoms with E-state index in [1.807, 2.05) is 55.9 Å². The Morgan fingerprint density at radius 2 is 1.93 bits per heavy atom. The zero-order chi connectivity index (χ0) is 19.6. The highest BCUT2D eigenvalue weighted by Crippen LogP contribution is 2.31. The number of halogens is 1. The molecule has 1 aromatic heterocycles. The number of hydrogen-bond acceptors (Lipinski definition) is 4. The number of ether oxygens (including phenoxy) is 2. The summed E-state index contributed by atoms with van der Waals surface area (Å²) in [6.45, 7) is 6.40. The van der Waals surface area contributed by atoms with E-state index < -0.39 is 0 Å². The molecule has 0 bridgehead atoms. The van der Waals surface area contributed by atoms with Gasteiger partial charge in [-0.1, -0.05) is 23.7 Å². The van der Waals surface area contributed by atoms with E-state index in [9.17, 15) is 0 Å². The van der Waals surface area contributed by atoms with Gasteiger partial charge in [-0.15, -0.1) is 0 Å². The lowest BCUT2D eigenvalue weighted by molar-refractivity contribution is 0.306. The first-order valence-corrected chi connectivity index (χ1v) is 9.13. The third-order valence-electron chi connectivity index (χ3n) is 4.64. The van der Waals surface area contributed by atoms with Crippen molar-refractivity contribution in [3.8, 4) is 17.2 Å². The lowest BCUT2D eigenvalue weighted by Gasteiger charge is -2.15. The van der Waals surface area contributed by atoms with Crippen LogP contribution in [0.25, 0.3) is 5.69 Å². The Morgan fingerprint density at radius 1 is 1.15 bits per heavy atom. The molecule has 0 saturated carbocycles. The van der Waals surface area contributed by atoms with Crippen molar-refractivity contribution in [2.45, 2.75) is 27.4 Å². The van der Waals surface area contributed by atoms with Crippen molar-refractivity contribution in [3.63, 3.8) is 0 Å². The maximum Gasteiger partial charge on any atom is 0.163 e. The summed E-state index contributed by atoms with van der Waals surface area (Å²) in [4.78, 5) is 0. The second-order valence-electron chi connectivity index (χ2n) is 6.37. The van der Waals surface area contributed by atoms with E-state index in [-0.39, 0.29) is 0 Å². The van der Waals surface area contributed by atoms with Gasteiger partial charge in [0.25, 0.3) is 0 Å². The Kier molecular flexibility index (Phi) is 5.61. The largest absolute Gasteiger partial charge is 0.493 e. The van der Waals surface area contributed by atoms with Gasteiger partial charge < -0.3 is 14.8 Å². The number of nitrogens with zero attached hydrogens (tertiary/aromatic N) is 2. The molecule has 142 valence electrons. The number of nitrogens with one attached hydrogen (secondary N) is 1. The molecule has 1 N–H and O–H groups in total. The minimum Gasteiger partial charge on any atom is -0.493 e. The lowest BCUT2D eigenvalue weighted by atomic mass is 10.1. The Balaban J connectivity index is 1.84. The molecule has 3 aromatic rings. The SMILES string of the molecule is CNc1cccc(C)c1COc1ccc(-n2nc(C)c(OC)c2C)cc1Cl. The van der Waals surface area contributed by atoms with Crippen molar-refractivity contribution >= 4 is 17.3 Å². The fourth-order valence-electron chi connectivity index (χ4n) is 3.19. The van der Waals surface area contributed by atoms with Crippen molar-refractivity contribution in [2.75, 3.05) is 19.5 Å². The molecule has 0 spiro atoms. The summed E-state index contributed by atoms with van der Waals surface area (Å²) in [6, 6.07) is 11.8. The highest BCUT2D eigenvalue weighted by atomic mass is 35.5.